The molecule has 0 aromatic heterocycles. The molecule has 0 amide bonds. The van der Waals surface area contributed by atoms with Gasteiger partial charge in [0.15, 0.2) is 0 Å². The van der Waals surface area contributed by atoms with E-state index < -0.39 is 0 Å². The van der Waals surface area contributed by atoms with Crippen LogP contribution in [0.4, 0.5) is 0 Å². The van der Waals surface area contributed by atoms with E-state index in [2.05, 4.69) is 18.7 Å². The fourth-order valence-corrected chi connectivity index (χ4v) is 2.45. The van der Waals surface area contributed by atoms with Gasteiger partial charge < -0.3 is 10.6 Å². The van der Waals surface area contributed by atoms with Gasteiger partial charge in [-0.3, -0.25) is 0 Å². The van der Waals surface area contributed by atoms with Gasteiger partial charge in [0.2, 0.25) is 0 Å². The summed E-state index contributed by atoms with van der Waals surface area (Å²) in [5.41, 5.74) is 5.53. The number of hydrogen-bond donors (Lipinski definition) is 1. The zero-order valence-electron chi connectivity index (χ0n) is 9.13. The average Bonchev–Trinajstić information content (AvgIpc) is 2.16. The monoisotopic (exact) mass is 184 g/mol. The normalized spacial score (nSPS) is 30.7. The number of piperidine rings is 1. The molecular weight excluding hydrogens is 160 g/mol. The lowest BCUT2D eigenvalue weighted by Crippen LogP contribution is -2.43. The van der Waals surface area contributed by atoms with E-state index in [4.69, 9.17) is 5.73 Å². The quantitative estimate of drug-likeness (QED) is 0.722. The van der Waals surface area contributed by atoms with Crippen LogP contribution in [0.25, 0.3) is 0 Å². The van der Waals surface area contributed by atoms with Crippen LogP contribution in [-0.4, -0.2) is 30.6 Å². The third kappa shape index (κ3) is 2.96. The molecule has 1 saturated heterocycles. The van der Waals surface area contributed by atoms with E-state index in [1.54, 1.807) is 0 Å². The SMILES string of the molecule is CCC1CCCN(CCCN)C1C. The molecule has 0 aromatic carbocycles. The largest absolute Gasteiger partial charge is 0.330 e. The maximum Gasteiger partial charge on any atom is 0.00951 e. The first-order valence-corrected chi connectivity index (χ1v) is 5.73. The van der Waals surface area contributed by atoms with Crippen LogP contribution in [0, 0.1) is 5.92 Å². The van der Waals surface area contributed by atoms with Crippen molar-refractivity contribution >= 4 is 0 Å². The number of rotatable bonds is 4. The summed E-state index contributed by atoms with van der Waals surface area (Å²) >= 11 is 0. The Bertz CT molecular complexity index is 136. The summed E-state index contributed by atoms with van der Waals surface area (Å²) in [4.78, 5) is 2.62. The molecule has 2 nitrogen and oxygen atoms in total. The van der Waals surface area contributed by atoms with Crippen LogP contribution < -0.4 is 5.73 Å². The number of hydrogen-bond acceptors (Lipinski definition) is 2. The first-order chi connectivity index (χ1) is 6.29. The number of nitrogens with zero attached hydrogens (tertiary/aromatic N) is 1. The highest BCUT2D eigenvalue weighted by molar-refractivity contribution is 4.80. The van der Waals surface area contributed by atoms with Crippen molar-refractivity contribution in [3.8, 4) is 0 Å². The van der Waals surface area contributed by atoms with E-state index in [1.807, 2.05) is 0 Å². The predicted octanol–water partition coefficient (Wildman–Crippen LogP) is 1.85. The molecule has 1 rings (SSSR count). The second-order valence-electron chi connectivity index (χ2n) is 4.23. The molecule has 2 N–H and O–H groups in total. The van der Waals surface area contributed by atoms with Gasteiger partial charge in [-0.25, -0.2) is 0 Å². The summed E-state index contributed by atoms with van der Waals surface area (Å²) in [5.74, 6) is 0.923. The highest BCUT2D eigenvalue weighted by Crippen LogP contribution is 2.25. The fraction of sp³-hybridized carbons (Fsp3) is 1.00. The van der Waals surface area contributed by atoms with Gasteiger partial charge in [-0.1, -0.05) is 13.3 Å². The molecule has 1 fully saturated rings. The fourth-order valence-electron chi connectivity index (χ4n) is 2.45. The van der Waals surface area contributed by atoms with E-state index in [9.17, 15) is 0 Å². The molecule has 0 radical (unpaired) electrons. The van der Waals surface area contributed by atoms with E-state index in [-0.39, 0.29) is 0 Å². The van der Waals surface area contributed by atoms with Gasteiger partial charge in [-0.05, 0) is 51.7 Å². The van der Waals surface area contributed by atoms with Gasteiger partial charge in [0.1, 0.15) is 0 Å². The smallest absolute Gasteiger partial charge is 0.00951 e. The van der Waals surface area contributed by atoms with E-state index in [1.165, 1.54) is 32.4 Å². The van der Waals surface area contributed by atoms with E-state index in [0.717, 1.165) is 24.9 Å². The van der Waals surface area contributed by atoms with Crippen molar-refractivity contribution in [3.05, 3.63) is 0 Å². The minimum Gasteiger partial charge on any atom is -0.330 e. The highest BCUT2D eigenvalue weighted by Gasteiger charge is 2.25. The lowest BCUT2D eigenvalue weighted by atomic mass is 9.88. The van der Waals surface area contributed by atoms with Crippen molar-refractivity contribution < 1.29 is 0 Å². The van der Waals surface area contributed by atoms with Gasteiger partial charge in [-0.15, -0.1) is 0 Å². The summed E-state index contributed by atoms with van der Waals surface area (Å²) < 4.78 is 0. The summed E-state index contributed by atoms with van der Waals surface area (Å²) in [5, 5.41) is 0. The predicted molar refractivity (Wildman–Crippen MR) is 57.7 cm³/mol. The molecule has 1 aliphatic rings. The second-order valence-corrected chi connectivity index (χ2v) is 4.23. The number of nitrogens with two attached hydrogens (primary N) is 1. The van der Waals surface area contributed by atoms with Crippen LogP contribution in [0.15, 0.2) is 0 Å². The molecule has 2 atom stereocenters. The van der Waals surface area contributed by atoms with Crippen molar-refractivity contribution in [3.63, 3.8) is 0 Å². The Labute approximate surface area is 82.5 Å². The van der Waals surface area contributed by atoms with Crippen LogP contribution in [0.3, 0.4) is 0 Å². The van der Waals surface area contributed by atoms with Crippen molar-refractivity contribution in [1.29, 1.82) is 0 Å². The van der Waals surface area contributed by atoms with Gasteiger partial charge >= 0.3 is 0 Å². The molecule has 0 aromatic rings. The summed E-state index contributed by atoms with van der Waals surface area (Å²) in [6, 6.07) is 0.783. The zero-order valence-corrected chi connectivity index (χ0v) is 9.13. The minimum atomic E-state index is 0.783. The zero-order chi connectivity index (χ0) is 9.68. The molecule has 2 heteroatoms. The molecular formula is C11H24N2. The molecule has 0 spiro atoms. The van der Waals surface area contributed by atoms with Crippen LogP contribution in [0.1, 0.15) is 39.5 Å². The first-order valence-electron chi connectivity index (χ1n) is 5.73. The van der Waals surface area contributed by atoms with Gasteiger partial charge in [0.25, 0.3) is 0 Å². The summed E-state index contributed by atoms with van der Waals surface area (Å²) in [7, 11) is 0. The molecule has 78 valence electrons. The number of likely N-dealkylation sites (tertiary alicyclic amines) is 1. The lowest BCUT2D eigenvalue weighted by Gasteiger charge is -2.39. The molecule has 1 aliphatic heterocycles. The summed E-state index contributed by atoms with van der Waals surface area (Å²) in [6.07, 6.45) is 5.30. The molecule has 0 bridgehead atoms. The summed E-state index contributed by atoms with van der Waals surface area (Å²) in [6.45, 7) is 8.02. The Morgan fingerprint density at radius 2 is 2.23 bits per heavy atom. The molecule has 1 heterocycles. The van der Waals surface area contributed by atoms with Gasteiger partial charge in [0.05, 0.1) is 0 Å². The standard InChI is InChI=1S/C11H24N2/c1-3-11-6-4-8-13(10(11)2)9-5-7-12/h10-11H,3-9,12H2,1-2H3. The van der Waals surface area contributed by atoms with E-state index >= 15 is 0 Å². The maximum absolute atomic E-state index is 5.53. The lowest BCUT2D eigenvalue weighted by molar-refractivity contribution is 0.102. The second kappa shape index (κ2) is 5.61. The Morgan fingerprint density at radius 3 is 2.85 bits per heavy atom. The Hall–Kier alpha value is -0.0800. The molecule has 0 aliphatic carbocycles. The highest BCUT2D eigenvalue weighted by atomic mass is 15.2. The Morgan fingerprint density at radius 1 is 1.46 bits per heavy atom. The van der Waals surface area contributed by atoms with Crippen LogP contribution in [0.5, 0.6) is 0 Å². The first kappa shape index (κ1) is 11.0. The van der Waals surface area contributed by atoms with Crippen molar-refractivity contribution in [2.24, 2.45) is 11.7 Å². The molecule has 2 unspecified atom stereocenters. The van der Waals surface area contributed by atoms with E-state index in [0.29, 0.717) is 0 Å². The average molecular weight is 184 g/mol. The topological polar surface area (TPSA) is 29.3 Å². The van der Waals surface area contributed by atoms with Crippen molar-refractivity contribution in [2.75, 3.05) is 19.6 Å². The Kier molecular flexibility index (Phi) is 4.74. The minimum absolute atomic E-state index is 0.783. The maximum atomic E-state index is 5.53. The third-order valence-electron chi connectivity index (χ3n) is 3.45. The van der Waals surface area contributed by atoms with Crippen LogP contribution in [-0.2, 0) is 0 Å². The van der Waals surface area contributed by atoms with Gasteiger partial charge in [0, 0.05) is 6.04 Å². The van der Waals surface area contributed by atoms with Crippen molar-refractivity contribution in [2.45, 2.75) is 45.6 Å². The van der Waals surface area contributed by atoms with Crippen LogP contribution >= 0.6 is 0 Å². The Balaban J connectivity index is 2.35. The van der Waals surface area contributed by atoms with Crippen LogP contribution in [0.2, 0.25) is 0 Å². The van der Waals surface area contributed by atoms with Gasteiger partial charge in [-0.2, -0.15) is 0 Å². The molecule has 13 heavy (non-hydrogen) atoms. The molecule has 0 saturated carbocycles. The van der Waals surface area contributed by atoms with Crippen molar-refractivity contribution in [1.82, 2.24) is 4.90 Å². The third-order valence-corrected chi connectivity index (χ3v) is 3.45.